The maximum absolute atomic E-state index is 12.9. The average molecular weight is 460 g/mol. The Morgan fingerprint density at radius 1 is 1.16 bits per heavy atom. The van der Waals surface area contributed by atoms with Crippen LogP contribution >= 0.6 is 0 Å². The Labute approximate surface area is 179 Å². The summed E-state index contributed by atoms with van der Waals surface area (Å²) in [5, 5.41) is 20.2. The Kier molecular flexibility index (Phi) is 6.37. The third-order valence-electron chi connectivity index (χ3n) is 6.20. The van der Waals surface area contributed by atoms with Gasteiger partial charge in [0.15, 0.2) is 5.65 Å². The molecule has 0 bridgehead atoms. The number of nitrogens with two attached hydrogens (primary N) is 1. The first kappa shape index (κ1) is 22.2. The van der Waals surface area contributed by atoms with Crippen molar-refractivity contribution in [1.82, 2.24) is 24.1 Å². The van der Waals surface area contributed by atoms with E-state index in [-0.39, 0.29) is 12.1 Å². The normalized spacial score (nSPS) is 23.9. The number of rotatable bonds is 6. The second kappa shape index (κ2) is 8.88. The maximum Gasteiger partial charge on any atom is 0.277 e. The molecule has 0 aromatic carbocycles. The van der Waals surface area contributed by atoms with Crippen LogP contribution in [0.3, 0.4) is 0 Å². The third kappa shape index (κ3) is 4.78. The van der Waals surface area contributed by atoms with Gasteiger partial charge in [-0.3, -0.25) is 0 Å². The van der Waals surface area contributed by atoms with E-state index in [1.165, 1.54) is 6.33 Å². The summed E-state index contributed by atoms with van der Waals surface area (Å²) < 4.78 is 51.9. The first-order valence-electron chi connectivity index (χ1n) is 10.4. The minimum Gasteiger partial charge on any atom is -0.393 e. The molecule has 1 aliphatic carbocycles. The summed E-state index contributed by atoms with van der Waals surface area (Å²) in [6, 6.07) is -0.402. The van der Waals surface area contributed by atoms with Crippen LogP contribution in [-0.4, -0.2) is 75.8 Å². The largest absolute Gasteiger partial charge is 0.393 e. The molecular formula is C18H27F2N7O3S. The minimum absolute atomic E-state index is 0.173. The van der Waals surface area contributed by atoms with Crippen molar-refractivity contribution in [3.63, 3.8) is 0 Å². The van der Waals surface area contributed by atoms with Crippen LogP contribution in [0.5, 0.6) is 0 Å². The standard InChI is InChI=1S/C18H27F2N7O3S/c19-16(20)10-26(31(21,29)30)12-5-7-25(8-6-12)17-15-9-24-27(18(15)23-11-22-17)13-1-3-14(28)4-2-13/h9,11-14,16,28H,1-8,10H2,(H2,21,29,30). The van der Waals surface area contributed by atoms with Crippen molar-refractivity contribution in [3.05, 3.63) is 12.5 Å². The van der Waals surface area contributed by atoms with Crippen LogP contribution in [0.25, 0.3) is 11.0 Å². The Morgan fingerprint density at radius 2 is 1.84 bits per heavy atom. The average Bonchev–Trinajstić information content (AvgIpc) is 3.16. The summed E-state index contributed by atoms with van der Waals surface area (Å²) in [5.41, 5.74) is 0.720. The number of alkyl halides is 2. The van der Waals surface area contributed by atoms with Crippen molar-refractivity contribution >= 4 is 27.1 Å². The number of nitrogens with zero attached hydrogens (tertiary/aromatic N) is 6. The third-order valence-corrected chi connectivity index (χ3v) is 7.30. The van der Waals surface area contributed by atoms with Gasteiger partial charge in [-0.25, -0.2) is 28.6 Å². The lowest BCUT2D eigenvalue weighted by atomic mass is 9.93. The van der Waals surface area contributed by atoms with Crippen LogP contribution in [0.1, 0.15) is 44.6 Å². The van der Waals surface area contributed by atoms with Crippen molar-refractivity contribution in [3.8, 4) is 0 Å². The lowest BCUT2D eigenvalue weighted by Crippen LogP contribution is -2.51. The molecule has 2 aromatic heterocycles. The molecule has 2 aliphatic rings. The molecule has 0 spiro atoms. The van der Waals surface area contributed by atoms with Gasteiger partial charge in [-0.05, 0) is 38.5 Å². The van der Waals surface area contributed by atoms with Crippen LogP contribution in [0.2, 0.25) is 0 Å². The van der Waals surface area contributed by atoms with E-state index in [0.717, 1.165) is 36.7 Å². The van der Waals surface area contributed by atoms with E-state index in [2.05, 4.69) is 15.1 Å². The van der Waals surface area contributed by atoms with E-state index in [0.29, 0.717) is 36.1 Å². The molecule has 3 N–H and O–H groups in total. The summed E-state index contributed by atoms with van der Waals surface area (Å²) in [7, 11) is -4.21. The van der Waals surface area contributed by atoms with E-state index >= 15 is 0 Å². The van der Waals surface area contributed by atoms with Crippen LogP contribution in [0.15, 0.2) is 12.5 Å². The topological polar surface area (TPSA) is 130 Å². The van der Waals surface area contributed by atoms with Crippen molar-refractivity contribution in [2.24, 2.45) is 5.14 Å². The SMILES string of the molecule is NS(=O)(=O)N(CC(F)F)C1CCN(c2ncnc3c2cnn3C2CCC(O)CC2)CC1. The molecule has 0 radical (unpaired) electrons. The number of anilines is 1. The quantitative estimate of drug-likeness (QED) is 0.660. The van der Waals surface area contributed by atoms with Gasteiger partial charge < -0.3 is 10.0 Å². The lowest BCUT2D eigenvalue weighted by molar-refractivity contribution is 0.101. The molecule has 1 saturated heterocycles. The highest BCUT2D eigenvalue weighted by molar-refractivity contribution is 7.86. The van der Waals surface area contributed by atoms with E-state index < -0.39 is 29.2 Å². The number of fused-ring (bicyclic) bond motifs is 1. The first-order chi connectivity index (χ1) is 14.7. The summed E-state index contributed by atoms with van der Waals surface area (Å²) in [5.74, 6) is 0.696. The molecule has 13 heteroatoms. The summed E-state index contributed by atoms with van der Waals surface area (Å²) in [4.78, 5) is 10.8. The van der Waals surface area contributed by atoms with E-state index in [4.69, 9.17) is 5.14 Å². The summed E-state index contributed by atoms with van der Waals surface area (Å²) in [6.45, 7) is 0.00376. The van der Waals surface area contributed by atoms with Crippen molar-refractivity contribution < 1.29 is 22.3 Å². The van der Waals surface area contributed by atoms with Crippen molar-refractivity contribution in [2.45, 2.75) is 63.1 Å². The van der Waals surface area contributed by atoms with Crippen molar-refractivity contribution in [1.29, 1.82) is 0 Å². The molecule has 0 amide bonds. The lowest BCUT2D eigenvalue weighted by Gasteiger charge is -2.37. The fourth-order valence-electron chi connectivity index (χ4n) is 4.63. The molecule has 2 aromatic rings. The monoisotopic (exact) mass is 459 g/mol. The number of piperidine rings is 1. The van der Waals surface area contributed by atoms with Gasteiger partial charge >= 0.3 is 0 Å². The molecule has 31 heavy (non-hydrogen) atoms. The van der Waals surface area contributed by atoms with Crippen LogP contribution in [-0.2, 0) is 10.2 Å². The van der Waals surface area contributed by atoms with Gasteiger partial charge in [0, 0.05) is 19.1 Å². The Balaban J connectivity index is 1.50. The smallest absolute Gasteiger partial charge is 0.277 e. The second-order valence-electron chi connectivity index (χ2n) is 8.21. The van der Waals surface area contributed by atoms with Crippen molar-refractivity contribution in [2.75, 3.05) is 24.5 Å². The molecule has 1 saturated carbocycles. The number of aliphatic hydroxyl groups excluding tert-OH is 1. The highest BCUT2D eigenvalue weighted by atomic mass is 32.2. The summed E-state index contributed by atoms with van der Waals surface area (Å²) >= 11 is 0. The maximum atomic E-state index is 12.9. The molecule has 172 valence electrons. The van der Waals surface area contributed by atoms with Gasteiger partial charge in [-0.15, -0.1) is 0 Å². The number of hydrogen-bond donors (Lipinski definition) is 2. The Morgan fingerprint density at radius 3 is 2.45 bits per heavy atom. The molecule has 2 fully saturated rings. The number of aliphatic hydroxyl groups is 1. The zero-order valence-electron chi connectivity index (χ0n) is 17.0. The molecule has 3 heterocycles. The molecule has 0 atom stereocenters. The summed E-state index contributed by atoms with van der Waals surface area (Å²) in [6.07, 6.45) is 4.02. The van der Waals surface area contributed by atoms with Gasteiger partial charge in [0.1, 0.15) is 12.1 Å². The zero-order chi connectivity index (χ0) is 22.2. The van der Waals surface area contributed by atoms with Crippen LogP contribution in [0.4, 0.5) is 14.6 Å². The van der Waals surface area contributed by atoms with Gasteiger partial charge in [-0.1, -0.05) is 0 Å². The van der Waals surface area contributed by atoms with Gasteiger partial charge in [0.25, 0.3) is 16.6 Å². The van der Waals surface area contributed by atoms with Gasteiger partial charge in [0.05, 0.1) is 30.3 Å². The predicted molar refractivity (Wildman–Crippen MR) is 110 cm³/mol. The molecule has 10 nitrogen and oxygen atoms in total. The predicted octanol–water partition coefficient (Wildman–Crippen LogP) is 1.04. The fraction of sp³-hybridized carbons (Fsp3) is 0.722. The Hall–Kier alpha value is -1.96. The first-order valence-corrected chi connectivity index (χ1v) is 11.9. The van der Waals surface area contributed by atoms with Crippen LogP contribution < -0.4 is 10.0 Å². The highest BCUT2D eigenvalue weighted by Crippen LogP contribution is 2.33. The molecule has 4 rings (SSSR count). The van der Waals surface area contributed by atoms with Gasteiger partial charge in [-0.2, -0.15) is 17.8 Å². The zero-order valence-corrected chi connectivity index (χ0v) is 17.8. The fourth-order valence-corrected chi connectivity index (χ4v) is 5.58. The number of hydrogen-bond acceptors (Lipinski definition) is 7. The van der Waals surface area contributed by atoms with E-state index in [9.17, 15) is 22.3 Å². The molecule has 0 unspecified atom stereocenters. The molecule has 1 aliphatic heterocycles. The van der Waals surface area contributed by atoms with E-state index in [1.807, 2.05) is 9.58 Å². The van der Waals surface area contributed by atoms with Crippen LogP contribution in [0, 0.1) is 0 Å². The number of halogens is 2. The van der Waals surface area contributed by atoms with E-state index in [1.54, 1.807) is 6.20 Å². The van der Waals surface area contributed by atoms with Gasteiger partial charge in [0.2, 0.25) is 0 Å². The highest BCUT2D eigenvalue weighted by Gasteiger charge is 2.33. The number of aromatic nitrogens is 4. The second-order valence-corrected chi connectivity index (χ2v) is 9.71. The minimum atomic E-state index is -4.21. The Bertz CT molecular complexity index is 1000. The molecular weight excluding hydrogens is 432 g/mol.